The number of nitrogens with zero attached hydrogens (tertiary/aromatic N) is 2. The van der Waals surface area contributed by atoms with Gasteiger partial charge in [-0.05, 0) is 22.6 Å². The summed E-state index contributed by atoms with van der Waals surface area (Å²) < 4.78 is 0. The molecule has 1 atom stereocenters. The van der Waals surface area contributed by atoms with Crippen LogP contribution in [0, 0.1) is 11.8 Å². The Labute approximate surface area is 165 Å². The fourth-order valence-electron chi connectivity index (χ4n) is 3.76. The molecule has 3 rings (SSSR count). The van der Waals surface area contributed by atoms with Crippen LogP contribution >= 0.6 is 0 Å². The van der Waals surface area contributed by atoms with E-state index in [-0.39, 0.29) is 18.2 Å². The first kappa shape index (κ1) is 19.9. The van der Waals surface area contributed by atoms with Crippen LogP contribution in [0.4, 0.5) is 4.79 Å². The zero-order valence-electron chi connectivity index (χ0n) is 16.6. The Morgan fingerprint density at radius 2 is 2.00 bits per heavy atom. The molecule has 0 aromatic heterocycles. The van der Waals surface area contributed by atoms with Crippen LogP contribution in [-0.4, -0.2) is 46.9 Å². The molecule has 0 saturated carbocycles. The van der Waals surface area contributed by atoms with Gasteiger partial charge >= 0.3 is 6.09 Å². The van der Waals surface area contributed by atoms with E-state index in [1.54, 1.807) is 7.05 Å². The molecule has 1 aromatic rings. The van der Waals surface area contributed by atoms with Gasteiger partial charge in [0.25, 0.3) is 0 Å². The molecule has 1 amide bonds. The lowest BCUT2D eigenvalue weighted by molar-refractivity contribution is -0.120. The zero-order valence-corrected chi connectivity index (χ0v) is 16.6. The van der Waals surface area contributed by atoms with Crippen molar-refractivity contribution < 1.29 is 14.7 Å². The van der Waals surface area contributed by atoms with Crippen molar-refractivity contribution in [2.75, 3.05) is 20.1 Å². The molecule has 1 heterocycles. The molecule has 6 nitrogen and oxygen atoms in total. The fraction of sp³-hybridized carbons (Fsp3) is 0.364. The van der Waals surface area contributed by atoms with Crippen LogP contribution in [0.5, 0.6) is 0 Å². The Morgan fingerprint density at radius 1 is 1.32 bits per heavy atom. The first-order valence-corrected chi connectivity index (χ1v) is 9.52. The Bertz CT molecular complexity index is 868. The monoisotopic (exact) mass is 381 g/mol. The highest BCUT2D eigenvalue weighted by Gasteiger charge is 2.35. The smallest absolute Gasteiger partial charge is 0.412 e. The lowest BCUT2D eigenvalue weighted by Gasteiger charge is -2.39. The molecule has 1 unspecified atom stereocenters. The third kappa shape index (κ3) is 3.73. The number of fused-ring (bicyclic) bond motifs is 1. The molecule has 3 N–H and O–H groups in total. The molecule has 28 heavy (non-hydrogen) atoms. The van der Waals surface area contributed by atoms with Gasteiger partial charge in [0.1, 0.15) is 11.6 Å². The predicted octanol–water partition coefficient (Wildman–Crippen LogP) is 3.29. The number of ketones is 1. The van der Waals surface area contributed by atoms with Gasteiger partial charge in [0, 0.05) is 44.2 Å². The van der Waals surface area contributed by atoms with E-state index in [2.05, 4.69) is 13.8 Å². The molecular formula is C22H27N3O3. The summed E-state index contributed by atoms with van der Waals surface area (Å²) in [6.45, 7) is 5.06. The Kier molecular flexibility index (Phi) is 5.70. The minimum Gasteiger partial charge on any atom is -0.465 e. The molecule has 0 saturated heterocycles. The van der Waals surface area contributed by atoms with E-state index in [9.17, 15) is 14.7 Å². The number of amides is 1. The van der Waals surface area contributed by atoms with Gasteiger partial charge in [-0.3, -0.25) is 9.69 Å². The summed E-state index contributed by atoms with van der Waals surface area (Å²) in [5, 5.41) is 9.74. The van der Waals surface area contributed by atoms with E-state index < -0.39 is 6.09 Å². The number of Topliss-reactive ketones (excluding diaryl/α,β-unsaturated/α-hetero) is 1. The van der Waals surface area contributed by atoms with Crippen molar-refractivity contribution in [3.63, 3.8) is 0 Å². The van der Waals surface area contributed by atoms with Gasteiger partial charge in [-0.1, -0.05) is 50.3 Å². The van der Waals surface area contributed by atoms with E-state index in [4.69, 9.17) is 5.73 Å². The van der Waals surface area contributed by atoms with Gasteiger partial charge < -0.3 is 15.7 Å². The highest BCUT2D eigenvalue weighted by atomic mass is 16.4. The summed E-state index contributed by atoms with van der Waals surface area (Å²) in [5.74, 6) is 0.670. The van der Waals surface area contributed by atoms with Crippen LogP contribution in [0.1, 0.15) is 25.8 Å². The minimum absolute atomic E-state index is 0.101. The van der Waals surface area contributed by atoms with Crippen molar-refractivity contribution in [1.82, 2.24) is 9.80 Å². The average Bonchev–Trinajstić information content (AvgIpc) is 2.66. The molecule has 0 radical (unpaired) electrons. The number of benzene rings is 1. The number of nitrogens with two attached hydrogens (primary N) is 1. The van der Waals surface area contributed by atoms with Gasteiger partial charge in [-0.25, -0.2) is 4.79 Å². The third-order valence-corrected chi connectivity index (χ3v) is 5.05. The van der Waals surface area contributed by atoms with Crippen LogP contribution in [0.2, 0.25) is 0 Å². The molecule has 0 fully saturated rings. The summed E-state index contributed by atoms with van der Waals surface area (Å²) in [7, 11) is 1.56. The van der Waals surface area contributed by atoms with Gasteiger partial charge in [-0.15, -0.1) is 0 Å². The van der Waals surface area contributed by atoms with Gasteiger partial charge in [0.05, 0.1) is 0 Å². The standard InChI is InChI=1S/C22H27N3O3/c1-14(2)12-25-13-17-10-19(26)16(11-23)9-18(17)20(15-7-5-4-6-8-15)21(25)24(3)22(27)28/h4-9,13-14,16H,10-12,23H2,1-3H3,(H,27,28). The number of carboxylic acid groups (broad SMARTS) is 1. The van der Waals surface area contributed by atoms with Crippen LogP contribution in [-0.2, 0) is 4.79 Å². The first-order valence-electron chi connectivity index (χ1n) is 9.52. The van der Waals surface area contributed by atoms with Crippen molar-refractivity contribution in [2.45, 2.75) is 20.3 Å². The maximum absolute atomic E-state index is 12.5. The highest BCUT2D eigenvalue weighted by Crippen LogP contribution is 2.42. The lowest BCUT2D eigenvalue weighted by Crippen LogP contribution is -2.39. The molecule has 1 aliphatic carbocycles. The second-order valence-electron chi connectivity index (χ2n) is 7.67. The van der Waals surface area contributed by atoms with Crippen LogP contribution in [0.15, 0.2) is 59.6 Å². The number of hydrogen-bond acceptors (Lipinski definition) is 4. The topological polar surface area (TPSA) is 86.9 Å². The van der Waals surface area contributed by atoms with E-state index in [0.29, 0.717) is 24.7 Å². The SMILES string of the molecule is CC(C)CN1C=C2CC(=O)C(CN)C=C2C(c2ccccc2)=C1N(C)C(=O)O. The van der Waals surface area contributed by atoms with Crippen LogP contribution < -0.4 is 5.73 Å². The van der Waals surface area contributed by atoms with E-state index in [1.165, 1.54) is 4.90 Å². The van der Waals surface area contributed by atoms with Crippen LogP contribution in [0.3, 0.4) is 0 Å². The summed E-state index contributed by atoms with van der Waals surface area (Å²) >= 11 is 0. The van der Waals surface area contributed by atoms with Crippen molar-refractivity contribution in [3.8, 4) is 0 Å². The molecule has 1 aromatic carbocycles. The summed E-state index contributed by atoms with van der Waals surface area (Å²) in [4.78, 5) is 27.6. The van der Waals surface area contributed by atoms with E-state index in [1.807, 2.05) is 47.5 Å². The molecule has 6 heteroatoms. The maximum Gasteiger partial charge on any atom is 0.412 e. The van der Waals surface area contributed by atoms with Gasteiger partial charge in [0.15, 0.2) is 0 Å². The second-order valence-corrected chi connectivity index (χ2v) is 7.67. The summed E-state index contributed by atoms with van der Waals surface area (Å²) in [6.07, 6.45) is 3.11. The van der Waals surface area contributed by atoms with Crippen molar-refractivity contribution >= 4 is 17.4 Å². The molecular weight excluding hydrogens is 354 g/mol. The normalized spacial score (nSPS) is 19.4. The van der Waals surface area contributed by atoms with E-state index in [0.717, 1.165) is 22.3 Å². The minimum atomic E-state index is -1.03. The summed E-state index contributed by atoms with van der Waals surface area (Å²) in [6, 6.07) is 9.73. The lowest BCUT2D eigenvalue weighted by atomic mass is 9.79. The number of rotatable bonds is 5. The number of carbonyl (C=O) groups is 2. The van der Waals surface area contributed by atoms with Crippen molar-refractivity contribution in [3.05, 3.63) is 65.1 Å². The Hall–Kier alpha value is -2.86. The first-order chi connectivity index (χ1) is 13.3. The molecule has 2 aliphatic rings. The highest BCUT2D eigenvalue weighted by molar-refractivity contribution is 5.96. The quantitative estimate of drug-likeness (QED) is 0.817. The van der Waals surface area contributed by atoms with Crippen molar-refractivity contribution in [2.24, 2.45) is 17.6 Å². The number of carbonyl (C=O) groups excluding carboxylic acids is 1. The number of hydrogen-bond donors (Lipinski definition) is 2. The fourth-order valence-corrected chi connectivity index (χ4v) is 3.76. The molecule has 1 aliphatic heterocycles. The second kappa shape index (κ2) is 8.02. The Morgan fingerprint density at radius 3 is 2.57 bits per heavy atom. The molecule has 0 spiro atoms. The van der Waals surface area contributed by atoms with E-state index >= 15 is 0 Å². The van der Waals surface area contributed by atoms with Crippen molar-refractivity contribution in [1.29, 1.82) is 0 Å². The number of allylic oxidation sites excluding steroid dienone is 3. The van der Waals surface area contributed by atoms with Gasteiger partial charge in [0.2, 0.25) is 0 Å². The molecule has 0 bridgehead atoms. The van der Waals surface area contributed by atoms with Crippen LogP contribution in [0.25, 0.3) is 5.57 Å². The molecule has 148 valence electrons. The zero-order chi connectivity index (χ0) is 20.4. The largest absolute Gasteiger partial charge is 0.465 e. The van der Waals surface area contributed by atoms with Gasteiger partial charge in [-0.2, -0.15) is 0 Å². The predicted molar refractivity (Wildman–Crippen MR) is 109 cm³/mol. The maximum atomic E-state index is 12.5. The Balaban J connectivity index is 2.29. The third-order valence-electron chi connectivity index (χ3n) is 5.05. The summed E-state index contributed by atoms with van der Waals surface area (Å²) in [5.41, 5.74) is 9.39. The average molecular weight is 381 g/mol.